The number of aliphatic hydroxyl groups excluding tert-OH is 1. The Labute approximate surface area is 108 Å². The molecule has 0 saturated heterocycles. The number of hydrogen-bond acceptors (Lipinski definition) is 2. The van der Waals surface area contributed by atoms with Gasteiger partial charge in [-0.15, -0.1) is 0 Å². The summed E-state index contributed by atoms with van der Waals surface area (Å²) in [5.41, 5.74) is 3.15. The van der Waals surface area contributed by atoms with E-state index in [-0.39, 0.29) is 5.91 Å². The van der Waals surface area contributed by atoms with Crippen LogP contribution < -0.4 is 5.32 Å². The summed E-state index contributed by atoms with van der Waals surface area (Å²) < 4.78 is 0. The Kier molecular flexibility index (Phi) is 4.02. The topological polar surface area (TPSA) is 49.3 Å². The molecule has 3 nitrogen and oxygen atoms in total. The predicted octanol–water partition coefficient (Wildman–Crippen LogP) is 2.40. The molecule has 1 aliphatic rings. The number of rotatable bonds is 5. The molecule has 0 radical (unpaired) electrons. The standard InChI is InChI=1S/C15H21NO2/c1-10-3-4-11(2)13(9-10)14(17)7-8-15(18)16-12-5-6-12/h3-4,9,12,14,17H,5-8H2,1-2H3,(H,16,18). The van der Waals surface area contributed by atoms with Crippen LogP contribution in [0.3, 0.4) is 0 Å². The van der Waals surface area contributed by atoms with E-state index < -0.39 is 6.10 Å². The Hall–Kier alpha value is -1.35. The third-order valence-corrected chi connectivity index (χ3v) is 3.38. The van der Waals surface area contributed by atoms with Crippen molar-refractivity contribution in [3.63, 3.8) is 0 Å². The highest BCUT2D eigenvalue weighted by Gasteiger charge is 2.23. The fraction of sp³-hybridized carbons (Fsp3) is 0.533. The number of hydrogen-bond donors (Lipinski definition) is 2. The average molecular weight is 247 g/mol. The minimum Gasteiger partial charge on any atom is -0.388 e. The van der Waals surface area contributed by atoms with E-state index in [4.69, 9.17) is 0 Å². The lowest BCUT2D eigenvalue weighted by Gasteiger charge is -2.14. The smallest absolute Gasteiger partial charge is 0.220 e. The van der Waals surface area contributed by atoms with E-state index >= 15 is 0 Å². The fourth-order valence-corrected chi connectivity index (χ4v) is 2.07. The second-order valence-electron chi connectivity index (χ2n) is 5.26. The Morgan fingerprint density at radius 2 is 2.17 bits per heavy atom. The molecule has 1 atom stereocenters. The molecule has 1 aromatic rings. The lowest BCUT2D eigenvalue weighted by Crippen LogP contribution is -2.25. The molecule has 1 aromatic carbocycles. The number of amides is 1. The molecule has 0 heterocycles. The molecule has 1 saturated carbocycles. The molecular formula is C15H21NO2. The zero-order valence-electron chi connectivity index (χ0n) is 11.1. The lowest BCUT2D eigenvalue weighted by molar-refractivity contribution is -0.121. The molecule has 0 spiro atoms. The monoisotopic (exact) mass is 247 g/mol. The average Bonchev–Trinajstić information content (AvgIpc) is 3.13. The Bertz CT molecular complexity index is 438. The van der Waals surface area contributed by atoms with Gasteiger partial charge in [0, 0.05) is 12.5 Å². The molecule has 2 rings (SSSR count). The zero-order valence-corrected chi connectivity index (χ0v) is 11.1. The number of carbonyl (C=O) groups is 1. The van der Waals surface area contributed by atoms with Crippen LogP contribution in [0.2, 0.25) is 0 Å². The minimum atomic E-state index is -0.546. The molecule has 1 amide bonds. The van der Waals surface area contributed by atoms with Crippen LogP contribution in [-0.2, 0) is 4.79 Å². The summed E-state index contributed by atoms with van der Waals surface area (Å²) in [6.45, 7) is 4.00. The Balaban J connectivity index is 1.87. The molecule has 0 aromatic heterocycles. The van der Waals surface area contributed by atoms with E-state index in [1.54, 1.807) is 0 Å². The third-order valence-electron chi connectivity index (χ3n) is 3.38. The van der Waals surface area contributed by atoms with Crippen LogP contribution in [0.4, 0.5) is 0 Å². The molecule has 2 N–H and O–H groups in total. The maximum absolute atomic E-state index is 11.6. The van der Waals surface area contributed by atoms with Crippen molar-refractivity contribution >= 4 is 5.91 Å². The summed E-state index contributed by atoms with van der Waals surface area (Å²) in [4.78, 5) is 11.6. The fourth-order valence-electron chi connectivity index (χ4n) is 2.07. The van der Waals surface area contributed by atoms with Crippen molar-refractivity contribution in [2.45, 2.75) is 51.7 Å². The normalized spacial score (nSPS) is 16.4. The van der Waals surface area contributed by atoms with Gasteiger partial charge in [0.15, 0.2) is 0 Å². The SMILES string of the molecule is Cc1ccc(C)c(C(O)CCC(=O)NC2CC2)c1. The summed E-state index contributed by atoms with van der Waals surface area (Å²) in [6, 6.07) is 6.44. The highest BCUT2D eigenvalue weighted by molar-refractivity contribution is 5.76. The quantitative estimate of drug-likeness (QED) is 0.839. The molecule has 98 valence electrons. The van der Waals surface area contributed by atoms with Crippen molar-refractivity contribution in [2.75, 3.05) is 0 Å². The number of aliphatic hydroxyl groups is 1. The molecule has 1 unspecified atom stereocenters. The van der Waals surface area contributed by atoms with E-state index in [0.717, 1.165) is 29.5 Å². The molecule has 3 heteroatoms. The van der Waals surface area contributed by atoms with Gasteiger partial charge in [-0.1, -0.05) is 23.8 Å². The second-order valence-corrected chi connectivity index (χ2v) is 5.26. The number of aryl methyl sites for hydroxylation is 2. The van der Waals surface area contributed by atoms with Gasteiger partial charge in [-0.25, -0.2) is 0 Å². The molecular weight excluding hydrogens is 226 g/mol. The summed E-state index contributed by atoms with van der Waals surface area (Å²) in [7, 11) is 0. The van der Waals surface area contributed by atoms with Crippen LogP contribution >= 0.6 is 0 Å². The van der Waals surface area contributed by atoms with Gasteiger partial charge in [0.05, 0.1) is 6.10 Å². The third kappa shape index (κ3) is 3.57. The van der Waals surface area contributed by atoms with Crippen molar-refractivity contribution < 1.29 is 9.90 Å². The maximum Gasteiger partial charge on any atom is 0.220 e. The summed E-state index contributed by atoms with van der Waals surface area (Å²) in [5, 5.41) is 13.1. The molecule has 1 aliphatic carbocycles. The number of benzene rings is 1. The van der Waals surface area contributed by atoms with Gasteiger partial charge in [-0.3, -0.25) is 4.79 Å². The van der Waals surface area contributed by atoms with Crippen molar-refractivity contribution in [1.29, 1.82) is 0 Å². The molecule has 1 fully saturated rings. The van der Waals surface area contributed by atoms with Crippen molar-refractivity contribution in [3.05, 3.63) is 34.9 Å². The Morgan fingerprint density at radius 3 is 2.83 bits per heavy atom. The highest BCUT2D eigenvalue weighted by atomic mass is 16.3. The van der Waals surface area contributed by atoms with E-state index in [2.05, 4.69) is 5.32 Å². The van der Waals surface area contributed by atoms with Gasteiger partial charge < -0.3 is 10.4 Å². The minimum absolute atomic E-state index is 0.0573. The first kappa shape index (κ1) is 13.1. The molecule has 18 heavy (non-hydrogen) atoms. The van der Waals surface area contributed by atoms with Crippen LogP contribution in [0.15, 0.2) is 18.2 Å². The van der Waals surface area contributed by atoms with Crippen LogP contribution in [0.1, 0.15) is 48.5 Å². The van der Waals surface area contributed by atoms with Crippen LogP contribution in [0, 0.1) is 13.8 Å². The van der Waals surface area contributed by atoms with Gasteiger partial charge in [0.1, 0.15) is 0 Å². The maximum atomic E-state index is 11.6. The van der Waals surface area contributed by atoms with Gasteiger partial charge in [0.2, 0.25) is 5.91 Å². The number of nitrogens with one attached hydrogen (secondary N) is 1. The van der Waals surface area contributed by atoms with Gasteiger partial charge in [-0.05, 0) is 44.2 Å². The van der Waals surface area contributed by atoms with Gasteiger partial charge in [-0.2, -0.15) is 0 Å². The van der Waals surface area contributed by atoms with Gasteiger partial charge in [0.25, 0.3) is 0 Å². The van der Waals surface area contributed by atoms with Gasteiger partial charge >= 0.3 is 0 Å². The molecule has 0 aliphatic heterocycles. The predicted molar refractivity (Wildman–Crippen MR) is 71.3 cm³/mol. The summed E-state index contributed by atoms with van der Waals surface area (Å²) >= 11 is 0. The second kappa shape index (κ2) is 5.53. The lowest BCUT2D eigenvalue weighted by atomic mass is 9.98. The van der Waals surface area contributed by atoms with E-state index in [9.17, 15) is 9.90 Å². The van der Waals surface area contributed by atoms with Crippen LogP contribution in [-0.4, -0.2) is 17.1 Å². The van der Waals surface area contributed by atoms with Crippen LogP contribution in [0.25, 0.3) is 0 Å². The molecule has 0 bridgehead atoms. The first-order chi connectivity index (χ1) is 8.56. The summed E-state index contributed by atoms with van der Waals surface area (Å²) in [5.74, 6) is 0.0573. The van der Waals surface area contributed by atoms with E-state index in [0.29, 0.717) is 18.9 Å². The van der Waals surface area contributed by atoms with E-state index in [1.165, 1.54) is 0 Å². The first-order valence-electron chi connectivity index (χ1n) is 6.61. The van der Waals surface area contributed by atoms with Crippen molar-refractivity contribution in [1.82, 2.24) is 5.32 Å². The highest BCUT2D eigenvalue weighted by Crippen LogP contribution is 2.24. The first-order valence-corrected chi connectivity index (χ1v) is 6.61. The largest absolute Gasteiger partial charge is 0.388 e. The zero-order chi connectivity index (χ0) is 13.1. The van der Waals surface area contributed by atoms with E-state index in [1.807, 2.05) is 32.0 Å². The summed E-state index contributed by atoms with van der Waals surface area (Å²) in [6.07, 6.45) is 2.54. The Morgan fingerprint density at radius 1 is 1.44 bits per heavy atom. The number of carbonyl (C=O) groups excluding carboxylic acids is 1. The van der Waals surface area contributed by atoms with Crippen molar-refractivity contribution in [2.24, 2.45) is 0 Å². The van der Waals surface area contributed by atoms with Crippen LogP contribution in [0.5, 0.6) is 0 Å². The van der Waals surface area contributed by atoms with Crippen molar-refractivity contribution in [3.8, 4) is 0 Å².